The average Bonchev–Trinajstić information content (AvgIpc) is 3.02. The van der Waals surface area contributed by atoms with Gasteiger partial charge in [0.25, 0.3) is 5.91 Å². The number of carboxylic acid groups (broad SMARTS) is 1. The Kier molecular flexibility index (Phi) is 5.94. The minimum atomic E-state index is -0.847. The van der Waals surface area contributed by atoms with Gasteiger partial charge >= 0.3 is 5.97 Å². The molecule has 1 atom stereocenters. The molecule has 1 unspecified atom stereocenters. The third-order valence-electron chi connectivity index (χ3n) is 5.40. The van der Waals surface area contributed by atoms with Crippen molar-refractivity contribution in [1.82, 2.24) is 0 Å². The summed E-state index contributed by atoms with van der Waals surface area (Å²) in [6.45, 7) is 4.44. The van der Waals surface area contributed by atoms with Crippen molar-refractivity contribution in [3.05, 3.63) is 64.7 Å². The summed E-state index contributed by atoms with van der Waals surface area (Å²) in [5, 5.41) is 9.15. The Balaban J connectivity index is 1.78. The van der Waals surface area contributed by atoms with Crippen LogP contribution in [0.25, 0.3) is 0 Å². The van der Waals surface area contributed by atoms with Gasteiger partial charge in [-0.1, -0.05) is 56.5 Å². The molecule has 4 heteroatoms. The van der Waals surface area contributed by atoms with Gasteiger partial charge in [0.05, 0.1) is 12.5 Å². The number of hydrogen-bond donors (Lipinski definition) is 1. The molecule has 2 aromatic carbocycles. The number of aryl methyl sites for hydroxylation is 1. The van der Waals surface area contributed by atoms with Crippen molar-refractivity contribution in [2.24, 2.45) is 0 Å². The molecular weight excluding hydrogens is 338 g/mol. The SMILES string of the molecule is CCCCCCc1cccc2c1C(=O)N(c1ccc(C(C)C(=O)O)cc1)C2. The standard InChI is InChI=1S/C23H27NO3/c1-3-4-5-6-8-18-9-7-10-19-15-24(22(25)21(18)19)20-13-11-17(12-14-20)16(2)23(26)27/h7,9-14,16H,3-6,8,15H2,1-2H3,(H,26,27). The fourth-order valence-corrected chi connectivity index (χ4v) is 3.68. The molecule has 1 aliphatic rings. The zero-order valence-electron chi connectivity index (χ0n) is 16.1. The normalized spacial score (nSPS) is 14.3. The Hall–Kier alpha value is -2.62. The van der Waals surface area contributed by atoms with Gasteiger partial charge in [-0.25, -0.2) is 0 Å². The van der Waals surface area contributed by atoms with Crippen LogP contribution >= 0.6 is 0 Å². The van der Waals surface area contributed by atoms with Crippen molar-refractivity contribution < 1.29 is 14.7 Å². The van der Waals surface area contributed by atoms with Crippen LogP contribution in [-0.2, 0) is 17.8 Å². The van der Waals surface area contributed by atoms with Crippen LogP contribution < -0.4 is 4.90 Å². The summed E-state index contributed by atoms with van der Waals surface area (Å²) >= 11 is 0. The summed E-state index contributed by atoms with van der Waals surface area (Å²) in [6, 6.07) is 13.4. The fourth-order valence-electron chi connectivity index (χ4n) is 3.68. The molecule has 142 valence electrons. The monoisotopic (exact) mass is 365 g/mol. The molecule has 1 heterocycles. The largest absolute Gasteiger partial charge is 0.481 e. The maximum Gasteiger partial charge on any atom is 0.310 e. The number of nitrogens with zero attached hydrogens (tertiary/aromatic N) is 1. The lowest BCUT2D eigenvalue weighted by atomic mass is 9.98. The zero-order chi connectivity index (χ0) is 19.4. The first kappa shape index (κ1) is 19.2. The molecule has 0 saturated carbocycles. The number of aliphatic carboxylic acids is 1. The molecule has 0 fully saturated rings. The Morgan fingerprint density at radius 1 is 1.11 bits per heavy atom. The molecule has 27 heavy (non-hydrogen) atoms. The molecule has 1 amide bonds. The lowest BCUT2D eigenvalue weighted by Gasteiger charge is -2.17. The van der Waals surface area contributed by atoms with Crippen LogP contribution in [0.1, 0.15) is 72.5 Å². The second kappa shape index (κ2) is 8.38. The van der Waals surface area contributed by atoms with E-state index in [1.165, 1.54) is 19.3 Å². The quantitative estimate of drug-likeness (QED) is 0.658. The lowest BCUT2D eigenvalue weighted by molar-refractivity contribution is -0.138. The van der Waals surface area contributed by atoms with Crippen LogP contribution in [0.3, 0.4) is 0 Å². The van der Waals surface area contributed by atoms with E-state index in [9.17, 15) is 9.59 Å². The number of hydrogen-bond acceptors (Lipinski definition) is 2. The molecule has 0 radical (unpaired) electrons. The van der Waals surface area contributed by atoms with Gasteiger partial charge in [0.2, 0.25) is 0 Å². The van der Waals surface area contributed by atoms with Gasteiger partial charge in [-0.05, 0) is 48.6 Å². The molecule has 1 aliphatic heterocycles. The van der Waals surface area contributed by atoms with Gasteiger partial charge < -0.3 is 10.0 Å². The zero-order valence-corrected chi connectivity index (χ0v) is 16.1. The summed E-state index contributed by atoms with van der Waals surface area (Å²) in [7, 11) is 0. The first-order valence-corrected chi connectivity index (χ1v) is 9.78. The van der Waals surface area contributed by atoms with Crippen LogP contribution in [0.2, 0.25) is 0 Å². The molecule has 0 bridgehead atoms. The third-order valence-corrected chi connectivity index (χ3v) is 5.40. The number of rotatable bonds is 8. The summed E-state index contributed by atoms with van der Waals surface area (Å²) in [4.78, 5) is 26.0. The predicted octanol–water partition coefficient (Wildman–Crippen LogP) is 5.16. The number of unbranched alkanes of at least 4 members (excludes halogenated alkanes) is 3. The van der Waals surface area contributed by atoms with Gasteiger partial charge in [0, 0.05) is 11.3 Å². The van der Waals surface area contributed by atoms with Crippen LogP contribution in [0.15, 0.2) is 42.5 Å². The second-order valence-corrected chi connectivity index (χ2v) is 7.30. The second-order valence-electron chi connectivity index (χ2n) is 7.30. The van der Waals surface area contributed by atoms with Gasteiger partial charge in [0.15, 0.2) is 0 Å². The van der Waals surface area contributed by atoms with Crippen molar-refractivity contribution >= 4 is 17.6 Å². The van der Waals surface area contributed by atoms with E-state index in [4.69, 9.17) is 5.11 Å². The van der Waals surface area contributed by atoms with Gasteiger partial charge in [0.1, 0.15) is 0 Å². The van der Waals surface area contributed by atoms with Crippen LogP contribution in [0.5, 0.6) is 0 Å². The van der Waals surface area contributed by atoms with Crippen molar-refractivity contribution in [2.45, 2.75) is 58.4 Å². The number of carbonyl (C=O) groups is 2. The average molecular weight is 365 g/mol. The number of carbonyl (C=O) groups excluding carboxylic acids is 1. The number of fused-ring (bicyclic) bond motifs is 1. The Labute approximate surface area is 160 Å². The van der Waals surface area contributed by atoms with Crippen molar-refractivity contribution in [3.63, 3.8) is 0 Å². The van der Waals surface area contributed by atoms with Gasteiger partial charge in [-0.2, -0.15) is 0 Å². The highest BCUT2D eigenvalue weighted by Gasteiger charge is 2.30. The lowest BCUT2D eigenvalue weighted by Crippen LogP contribution is -2.23. The Morgan fingerprint density at radius 2 is 1.85 bits per heavy atom. The molecular formula is C23H27NO3. The summed E-state index contributed by atoms with van der Waals surface area (Å²) < 4.78 is 0. The highest BCUT2D eigenvalue weighted by molar-refractivity contribution is 6.11. The van der Waals surface area contributed by atoms with E-state index >= 15 is 0 Å². The minimum Gasteiger partial charge on any atom is -0.481 e. The topological polar surface area (TPSA) is 57.6 Å². The number of amides is 1. The molecule has 4 nitrogen and oxygen atoms in total. The summed E-state index contributed by atoms with van der Waals surface area (Å²) in [6.07, 6.45) is 5.69. The Bertz CT molecular complexity index is 826. The molecule has 0 spiro atoms. The number of benzene rings is 2. The van der Waals surface area contributed by atoms with E-state index in [1.807, 2.05) is 24.3 Å². The predicted molar refractivity (Wildman–Crippen MR) is 107 cm³/mol. The number of anilines is 1. The van der Waals surface area contributed by atoms with Crippen molar-refractivity contribution in [3.8, 4) is 0 Å². The molecule has 3 rings (SSSR count). The van der Waals surface area contributed by atoms with Crippen molar-refractivity contribution in [1.29, 1.82) is 0 Å². The molecule has 1 N–H and O–H groups in total. The molecule has 0 aliphatic carbocycles. The van der Waals surface area contributed by atoms with Crippen LogP contribution in [0, 0.1) is 0 Å². The molecule has 0 saturated heterocycles. The summed E-state index contributed by atoms with van der Waals surface area (Å²) in [5.41, 5.74) is 4.64. The number of carboxylic acids is 1. The maximum atomic E-state index is 13.1. The molecule has 0 aromatic heterocycles. The van der Waals surface area contributed by atoms with Crippen molar-refractivity contribution in [2.75, 3.05) is 4.90 Å². The first-order chi connectivity index (χ1) is 13.0. The van der Waals surface area contributed by atoms with E-state index in [0.717, 1.165) is 40.8 Å². The smallest absolute Gasteiger partial charge is 0.310 e. The maximum absolute atomic E-state index is 13.1. The highest BCUT2D eigenvalue weighted by Crippen LogP contribution is 2.32. The molecule has 2 aromatic rings. The highest BCUT2D eigenvalue weighted by atomic mass is 16.4. The van der Waals surface area contributed by atoms with E-state index in [2.05, 4.69) is 13.0 Å². The summed E-state index contributed by atoms with van der Waals surface area (Å²) in [5.74, 6) is -1.35. The van der Waals surface area contributed by atoms with Crippen LogP contribution in [-0.4, -0.2) is 17.0 Å². The van der Waals surface area contributed by atoms with E-state index < -0.39 is 11.9 Å². The van der Waals surface area contributed by atoms with E-state index in [1.54, 1.807) is 24.0 Å². The third kappa shape index (κ3) is 4.05. The van der Waals surface area contributed by atoms with Gasteiger partial charge in [-0.3, -0.25) is 9.59 Å². The van der Waals surface area contributed by atoms with E-state index in [0.29, 0.717) is 6.54 Å². The fraction of sp³-hybridized carbons (Fsp3) is 0.391. The van der Waals surface area contributed by atoms with Crippen LogP contribution in [0.4, 0.5) is 5.69 Å². The Morgan fingerprint density at radius 3 is 2.52 bits per heavy atom. The van der Waals surface area contributed by atoms with Gasteiger partial charge in [-0.15, -0.1) is 0 Å². The minimum absolute atomic E-state index is 0.0510. The first-order valence-electron chi connectivity index (χ1n) is 9.78. The van der Waals surface area contributed by atoms with E-state index in [-0.39, 0.29) is 5.91 Å².